The topological polar surface area (TPSA) is 132 Å². The van der Waals surface area contributed by atoms with E-state index in [9.17, 15) is 0 Å². The largest absolute Gasteiger partial charge is 0.370 e. The molecule has 7 nitrogen and oxygen atoms in total. The molecule has 7 heteroatoms. The van der Waals surface area contributed by atoms with E-state index in [1.165, 1.54) is 17.0 Å². The van der Waals surface area contributed by atoms with Crippen LogP contribution in [0.25, 0.3) is 0 Å². The molecule has 1 rings (SSSR count). The summed E-state index contributed by atoms with van der Waals surface area (Å²) in [6.45, 7) is 0. The zero-order valence-corrected chi connectivity index (χ0v) is 6.23. The Morgan fingerprint density at radius 1 is 1.50 bits per heavy atom. The van der Waals surface area contributed by atoms with Crippen molar-refractivity contribution in [2.24, 2.45) is 22.2 Å². The molecule has 0 aliphatic rings. The van der Waals surface area contributed by atoms with E-state index in [-0.39, 0.29) is 17.9 Å². The molecular weight excluding hydrogens is 158 g/mol. The Labute approximate surface area is 68.4 Å². The number of aromatic nitrogens is 2. The Kier molecular flexibility index (Phi) is 1.95. The average molecular weight is 167 g/mol. The highest BCUT2D eigenvalue weighted by Gasteiger charge is 2.02. The molecule has 0 aliphatic heterocycles. The van der Waals surface area contributed by atoms with Crippen LogP contribution < -0.4 is 17.2 Å². The zero-order chi connectivity index (χ0) is 9.14. The molecule has 64 valence electrons. The van der Waals surface area contributed by atoms with Crippen LogP contribution in [0.15, 0.2) is 17.4 Å². The maximum absolute atomic E-state index is 7.09. The van der Waals surface area contributed by atoms with Crippen molar-refractivity contribution in [2.45, 2.75) is 0 Å². The van der Waals surface area contributed by atoms with Gasteiger partial charge in [0.05, 0.1) is 0 Å². The van der Waals surface area contributed by atoms with E-state index in [0.29, 0.717) is 0 Å². The number of aliphatic imine (C=N–C) groups is 1. The van der Waals surface area contributed by atoms with Crippen LogP contribution in [0.1, 0.15) is 0 Å². The summed E-state index contributed by atoms with van der Waals surface area (Å²) in [6.07, 6.45) is 2.94. The molecule has 0 bridgehead atoms. The standard InChI is InChI=1S/C5H9N7/c6-3(7)11-5-10-1-2-12(5)4(8)9/h1-2H,(H3,8,9)(H4,6,7,10,11). The normalized spacial score (nSPS) is 9.33. The highest BCUT2D eigenvalue weighted by atomic mass is 15.2. The van der Waals surface area contributed by atoms with E-state index in [1.54, 1.807) is 0 Å². The number of nitrogens with one attached hydrogen (secondary N) is 1. The van der Waals surface area contributed by atoms with Crippen LogP contribution in [0.5, 0.6) is 0 Å². The molecule has 1 aromatic heterocycles. The van der Waals surface area contributed by atoms with Gasteiger partial charge in [0, 0.05) is 12.4 Å². The third kappa shape index (κ3) is 1.51. The van der Waals surface area contributed by atoms with Gasteiger partial charge in [-0.1, -0.05) is 0 Å². The number of nitrogen functional groups attached to an aromatic ring is 1. The number of hydrogen-bond acceptors (Lipinski definition) is 3. The first-order valence-electron chi connectivity index (χ1n) is 3.08. The van der Waals surface area contributed by atoms with Gasteiger partial charge in [-0.3, -0.25) is 9.98 Å². The van der Waals surface area contributed by atoms with Gasteiger partial charge < -0.3 is 17.2 Å². The predicted molar refractivity (Wildman–Crippen MR) is 45.0 cm³/mol. The van der Waals surface area contributed by atoms with Crippen LogP contribution in [0.3, 0.4) is 0 Å². The van der Waals surface area contributed by atoms with E-state index >= 15 is 0 Å². The van der Waals surface area contributed by atoms with E-state index in [1.807, 2.05) is 0 Å². The second-order valence-electron chi connectivity index (χ2n) is 2.02. The summed E-state index contributed by atoms with van der Waals surface area (Å²) in [4.78, 5) is 7.42. The number of hydrogen-bond donors (Lipinski definition) is 4. The van der Waals surface area contributed by atoms with Gasteiger partial charge in [0.2, 0.25) is 5.95 Å². The third-order valence-electron chi connectivity index (χ3n) is 1.11. The fraction of sp³-hybridized carbons (Fsp3) is 0. The minimum atomic E-state index is -0.187. The summed E-state index contributed by atoms with van der Waals surface area (Å²) >= 11 is 0. The van der Waals surface area contributed by atoms with Crippen molar-refractivity contribution in [2.75, 3.05) is 0 Å². The van der Waals surface area contributed by atoms with Crippen molar-refractivity contribution in [1.82, 2.24) is 9.55 Å². The van der Waals surface area contributed by atoms with Crippen molar-refractivity contribution < 1.29 is 0 Å². The van der Waals surface area contributed by atoms with Crippen LogP contribution in [-0.2, 0) is 0 Å². The first-order chi connectivity index (χ1) is 5.61. The number of guanidine groups is 1. The zero-order valence-electron chi connectivity index (χ0n) is 6.23. The molecule has 0 atom stereocenters. The molecule has 0 radical (unpaired) electrons. The van der Waals surface area contributed by atoms with Crippen molar-refractivity contribution >= 4 is 17.9 Å². The highest BCUT2D eigenvalue weighted by molar-refractivity contribution is 5.82. The molecule has 1 heterocycles. The first kappa shape index (κ1) is 8.05. The van der Waals surface area contributed by atoms with Gasteiger partial charge in [0.15, 0.2) is 11.9 Å². The maximum atomic E-state index is 7.09. The Hall–Kier alpha value is -2.05. The minimum absolute atomic E-state index is 0.122. The molecule has 0 amide bonds. The second kappa shape index (κ2) is 2.91. The van der Waals surface area contributed by atoms with Gasteiger partial charge in [-0.2, -0.15) is 4.99 Å². The molecule has 0 saturated carbocycles. The van der Waals surface area contributed by atoms with Crippen LogP contribution in [0.2, 0.25) is 0 Å². The van der Waals surface area contributed by atoms with Crippen molar-refractivity contribution in [1.29, 1.82) is 5.41 Å². The van der Waals surface area contributed by atoms with Crippen molar-refractivity contribution in [3.63, 3.8) is 0 Å². The summed E-state index contributed by atoms with van der Waals surface area (Å²) in [6, 6.07) is 0. The Bertz CT molecular complexity index is 318. The first-order valence-corrected chi connectivity index (χ1v) is 3.08. The Morgan fingerprint density at radius 3 is 2.67 bits per heavy atom. The third-order valence-corrected chi connectivity index (χ3v) is 1.11. The fourth-order valence-electron chi connectivity index (χ4n) is 0.682. The average Bonchev–Trinajstić information content (AvgIpc) is 2.33. The number of nitrogens with two attached hydrogens (primary N) is 3. The SMILES string of the molecule is N=C(N)n1ccnc1N=C(N)N. The van der Waals surface area contributed by atoms with Gasteiger partial charge in [-0.05, 0) is 0 Å². The maximum Gasteiger partial charge on any atom is 0.239 e. The van der Waals surface area contributed by atoms with Crippen LogP contribution in [-0.4, -0.2) is 21.5 Å². The highest BCUT2D eigenvalue weighted by Crippen LogP contribution is 2.05. The fourth-order valence-corrected chi connectivity index (χ4v) is 0.682. The Morgan fingerprint density at radius 2 is 2.17 bits per heavy atom. The molecule has 1 aromatic rings. The molecule has 0 saturated heterocycles. The lowest BCUT2D eigenvalue weighted by Crippen LogP contribution is -2.24. The lowest BCUT2D eigenvalue weighted by atomic mass is 10.8. The number of imidazole rings is 1. The number of rotatable bonds is 1. The van der Waals surface area contributed by atoms with E-state index in [0.717, 1.165) is 0 Å². The van der Waals surface area contributed by atoms with Crippen LogP contribution in [0.4, 0.5) is 5.95 Å². The van der Waals surface area contributed by atoms with Gasteiger partial charge in [-0.25, -0.2) is 4.98 Å². The molecule has 7 N–H and O–H groups in total. The summed E-state index contributed by atoms with van der Waals surface area (Å²) in [5.74, 6) is -0.112. The summed E-state index contributed by atoms with van der Waals surface area (Å²) in [5.41, 5.74) is 15.4. The van der Waals surface area contributed by atoms with E-state index < -0.39 is 0 Å². The summed E-state index contributed by atoms with van der Waals surface area (Å²) < 4.78 is 1.25. The van der Waals surface area contributed by atoms with Crippen LogP contribution >= 0.6 is 0 Å². The predicted octanol–water partition coefficient (Wildman–Crippen LogP) is -1.47. The second-order valence-corrected chi connectivity index (χ2v) is 2.02. The Balaban J connectivity index is 3.08. The van der Waals surface area contributed by atoms with Gasteiger partial charge in [-0.15, -0.1) is 0 Å². The summed E-state index contributed by atoms with van der Waals surface area (Å²) in [7, 11) is 0. The minimum Gasteiger partial charge on any atom is -0.370 e. The smallest absolute Gasteiger partial charge is 0.239 e. The van der Waals surface area contributed by atoms with Crippen LogP contribution in [0, 0.1) is 5.41 Å². The van der Waals surface area contributed by atoms with Gasteiger partial charge in [0.25, 0.3) is 0 Å². The quantitative estimate of drug-likeness (QED) is 0.300. The molecule has 0 fully saturated rings. The summed E-state index contributed by atoms with van der Waals surface area (Å²) in [5, 5.41) is 7.09. The molecule has 0 spiro atoms. The lowest BCUT2D eigenvalue weighted by Gasteiger charge is -1.99. The lowest BCUT2D eigenvalue weighted by molar-refractivity contribution is 1.06. The van der Waals surface area contributed by atoms with E-state index in [4.69, 9.17) is 22.6 Å². The van der Waals surface area contributed by atoms with Gasteiger partial charge >= 0.3 is 0 Å². The molecule has 0 unspecified atom stereocenters. The molecule has 0 aromatic carbocycles. The molecule has 12 heavy (non-hydrogen) atoms. The van der Waals surface area contributed by atoms with Crippen molar-refractivity contribution in [3.8, 4) is 0 Å². The van der Waals surface area contributed by atoms with E-state index in [2.05, 4.69) is 9.98 Å². The van der Waals surface area contributed by atoms with Crippen molar-refractivity contribution in [3.05, 3.63) is 12.4 Å². The molecular formula is C5H9N7. The number of nitrogens with zero attached hydrogens (tertiary/aromatic N) is 3. The molecule has 0 aliphatic carbocycles. The van der Waals surface area contributed by atoms with Gasteiger partial charge in [0.1, 0.15) is 0 Å². The monoisotopic (exact) mass is 167 g/mol.